The van der Waals surface area contributed by atoms with Crippen molar-refractivity contribution in [1.29, 1.82) is 0 Å². The second-order valence-corrected chi connectivity index (χ2v) is 7.15. The van der Waals surface area contributed by atoms with Gasteiger partial charge < -0.3 is 5.11 Å². The predicted octanol–water partition coefficient (Wildman–Crippen LogP) is 4.97. The monoisotopic (exact) mass is 332 g/mol. The lowest BCUT2D eigenvalue weighted by molar-refractivity contribution is 0.461. The van der Waals surface area contributed by atoms with Gasteiger partial charge in [0.1, 0.15) is 5.69 Å². The highest BCUT2D eigenvalue weighted by Crippen LogP contribution is 2.45. The minimum absolute atomic E-state index is 0.111. The maximum Gasteiger partial charge on any atom is 0.216 e. The van der Waals surface area contributed by atoms with Crippen molar-refractivity contribution < 1.29 is 5.11 Å². The molecule has 0 saturated carbocycles. The molecule has 1 heterocycles. The van der Waals surface area contributed by atoms with Crippen LogP contribution in [-0.4, -0.2) is 14.9 Å². The lowest BCUT2D eigenvalue weighted by Crippen LogP contribution is -2.06. The zero-order chi connectivity index (χ0) is 15.1. The largest absolute Gasteiger partial charge is 0.504 e. The van der Waals surface area contributed by atoms with Gasteiger partial charge >= 0.3 is 0 Å². The molecule has 0 unspecified atom stereocenters. The number of halogens is 3. The molecule has 0 aliphatic heterocycles. The fourth-order valence-corrected chi connectivity index (χ4v) is 2.63. The summed E-state index contributed by atoms with van der Waals surface area (Å²) in [6.45, 7) is 5.79. The number of hydrogen-bond donors (Lipinski definition) is 1. The van der Waals surface area contributed by atoms with Crippen LogP contribution in [0.3, 0.4) is 0 Å². The fourth-order valence-electron chi connectivity index (χ4n) is 2.13. The quantitative estimate of drug-likeness (QED) is 0.788. The number of nitrogens with zero attached hydrogens (tertiary/aromatic N) is 2. The van der Waals surface area contributed by atoms with Crippen molar-refractivity contribution in [1.82, 2.24) is 9.78 Å². The van der Waals surface area contributed by atoms with Crippen molar-refractivity contribution >= 4 is 34.8 Å². The van der Waals surface area contributed by atoms with E-state index >= 15 is 0 Å². The second kappa shape index (κ2) is 5.47. The summed E-state index contributed by atoms with van der Waals surface area (Å²) in [6, 6.07) is 7.23. The Balaban J connectivity index is 2.67. The van der Waals surface area contributed by atoms with Crippen LogP contribution in [0.4, 0.5) is 0 Å². The molecule has 0 aliphatic rings. The number of rotatable bonds is 2. The molecule has 1 aromatic heterocycles. The molecule has 3 nitrogen and oxygen atoms in total. The van der Waals surface area contributed by atoms with E-state index in [1.165, 1.54) is 0 Å². The minimum atomic E-state index is -1.57. The van der Waals surface area contributed by atoms with Gasteiger partial charge in [-0.25, -0.2) is 0 Å². The molecule has 0 spiro atoms. The third kappa shape index (κ3) is 2.76. The third-order valence-electron chi connectivity index (χ3n) is 3.10. The zero-order valence-electron chi connectivity index (χ0n) is 11.4. The Labute approximate surface area is 133 Å². The Kier molecular flexibility index (Phi) is 4.24. The van der Waals surface area contributed by atoms with Gasteiger partial charge in [-0.2, -0.15) is 5.10 Å². The average molecular weight is 334 g/mol. The summed E-state index contributed by atoms with van der Waals surface area (Å²) in [7, 11) is 0. The van der Waals surface area contributed by atoms with E-state index in [0.29, 0.717) is 22.5 Å². The molecule has 108 valence electrons. The van der Waals surface area contributed by atoms with Gasteiger partial charge in [0.05, 0.1) is 5.69 Å². The van der Waals surface area contributed by atoms with E-state index in [1.54, 1.807) is 22.9 Å². The van der Waals surface area contributed by atoms with Crippen molar-refractivity contribution in [3.63, 3.8) is 0 Å². The molecular weight excluding hydrogens is 319 g/mol. The van der Waals surface area contributed by atoms with E-state index in [4.69, 9.17) is 34.8 Å². The van der Waals surface area contributed by atoms with Crippen LogP contribution in [0.15, 0.2) is 24.3 Å². The van der Waals surface area contributed by atoms with Crippen LogP contribution in [0.1, 0.15) is 31.1 Å². The fraction of sp³-hybridized carbons (Fsp3) is 0.357. The van der Waals surface area contributed by atoms with Crippen LogP contribution >= 0.6 is 34.8 Å². The van der Waals surface area contributed by atoms with Crippen LogP contribution in [0.2, 0.25) is 0 Å². The molecule has 0 atom stereocenters. The van der Waals surface area contributed by atoms with Gasteiger partial charge in [0.15, 0.2) is 5.75 Å². The Bertz CT molecular complexity index is 630. The van der Waals surface area contributed by atoms with Crippen molar-refractivity contribution in [2.24, 2.45) is 0 Å². The van der Waals surface area contributed by atoms with Crippen LogP contribution in [0.5, 0.6) is 5.75 Å². The van der Waals surface area contributed by atoms with Gasteiger partial charge in [-0.15, -0.1) is 0 Å². The molecule has 0 saturated heterocycles. The first-order valence-electron chi connectivity index (χ1n) is 6.18. The molecule has 0 aliphatic carbocycles. The number of alkyl halides is 3. The first-order valence-corrected chi connectivity index (χ1v) is 7.31. The molecule has 0 amide bonds. The lowest BCUT2D eigenvalue weighted by Gasteiger charge is -2.15. The van der Waals surface area contributed by atoms with Crippen LogP contribution in [0, 0.1) is 6.92 Å². The summed E-state index contributed by atoms with van der Waals surface area (Å²) in [5, 5.41) is 14.7. The smallest absolute Gasteiger partial charge is 0.216 e. The molecule has 6 heteroatoms. The average Bonchev–Trinajstić information content (AvgIpc) is 2.65. The Morgan fingerprint density at radius 1 is 1.20 bits per heavy atom. The lowest BCUT2D eigenvalue weighted by atomic mass is 10.0. The van der Waals surface area contributed by atoms with Crippen molar-refractivity contribution in [2.45, 2.75) is 30.6 Å². The van der Waals surface area contributed by atoms with E-state index in [-0.39, 0.29) is 11.8 Å². The highest BCUT2D eigenvalue weighted by Gasteiger charge is 2.29. The molecule has 0 bridgehead atoms. The molecule has 0 fully saturated rings. The summed E-state index contributed by atoms with van der Waals surface area (Å²) in [6.07, 6.45) is 0. The van der Waals surface area contributed by atoms with Crippen LogP contribution in [0.25, 0.3) is 11.3 Å². The zero-order valence-corrected chi connectivity index (χ0v) is 13.6. The van der Waals surface area contributed by atoms with E-state index in [2.05, 4.69) is 5.10 Å². The van der Waals surface area contributed by atoms with E-state index in [1.807, 2.05) is 26.8 Å². The van der Waals surface area contributed by atoms with Gasteiger partial charge in [0.2, 0.25) is 3.79 Å². The minimum Gasteiger partial charge on any atom is -0.504 e. The maximum atomic E-state index is 10.3. The van der Waals surface area contributed by atoms with E-state index < -0.39 is 3.79 Å². The molecule has 2 aromatic rings. The summed E-state index contributed by atoms with van der Waals surface area (Å²) in [4.78, 5) is 0. The Hall–Kier alpha value is -0.900. The Morgan fingerprint density at radius 2 is 1.80 bits per heavy atom. The molecule has 1 N–H and O–H groups in total. The van der Waals surface area contributed by atoms with Gasteiger partial charge in [-0.05, 0) is 20.8 Å². The third-order valence-corrected chi connectivity index (χ3v) is 3.71. The van der Waals surface area contributed by atoms with Crippen molar-refractivity contribution in [3.8, 4) is 17.0 Å². The van der Waals surface area contributed by atoms with Crippen molar-refractivity contribution in [3.05, 3.63) is 35.5 Å². The Morgan fingerprint density at radius 3 is 2.30 bits per heavy atom. The molecule has 20 heavy (non-hydrogen) atoms. The molecule has 1 aromatic carbocycles. The summed E-state index contributed by atoms with van der Waals surface area (Å²) in [5.41, 5.74) is 2.23. The van der Waals surface area contributed by atoms with E-state index in [9.17, 15) is 5.11 Å². The number of aromatic nitrogens is 2. The topological polar surface area (TPSA) is 38.1 Å². The van der Waals surface area contributed by atoms with Crippen molar-refractivity contribution in [2.75, 3.05) is 0 Å². The number of benzene rings is 1. The van der Waals surface area contributed by atoms with Crippen LogP contribution < -0.4 is 0 Å². The van der Waals surface area contributed by atoms with Crippen LogP contribution in [-0.2, 0) is 3.79 Å². The second-order valence-electron chi connectivity index (χ2n) is 4.86. The highest BCUT2D eigenvalue weighted by molar-refractivity contribution is 6.67. The summed E-state index contributed by atoms with van der Waals surface area (Å²) < 4.78 is 0.179. The van der Waals surface area contributed by atoms with Gasteiger partial charge in [0, 0.05) is 17.2 Å². The predicted molar refractivity (Wildman–Crippen MR) is 83.7 cm³/mol. The van der Waals surface area contributed by atoms with Gasteiger partial charge in [-0.1, -0.05) is 59.1 Å². The number of aromatic hydroxyl groups is 1. The molecular formula is C14H15Cl3N2O. The van der Waals surface area contributed by atoms with Gasteiger partial charge in [-0.3, -0.25) is 4.68 Å². The first-order chi connectivity index (χ1) is 9.23. The molecule has 2 rings (SSSR count). The van der Waals surface area contributed by atoms with E-state index in [0.717, 1.165) is 0 Å². The summed E-state index contributed by atoms with van der Waals surface area (Å²) in [5.74, 6) is 0.111. The molecule has 0 radical (unpaired) electrons. The SMILES string of the molecule is Cc1c(O)c(-c2ccccc2C(Cl)(Cl)Cl)nn1C(C)C. The summed E-state index contributed by atoms with van der Waals surface area (Å²) >= 11 is 18.0. The highest BCUT2D eigenvalue weighted by atomic mass is 35.6. The standard InChI is InChI=1S/C14H15Cl3N2O/c1-8(2)19-9(3)13(20)12(18-19)10-6-4-5-7-11(10)14(15,16)17/h4-8,20H,1-3H3. The maximum absolute atomic E-state index is 10.3. The first kappa shape index (κ1) is 15.5. The number of hydrogen-bond acceptors (Lipinski definition) is 2. The van der Waals surface area contributed by atoms with Gasteiger partial charge in [0.25, 0.3) is 0 Å². The normalized spacial score (nSPS) is 12.2.